The predicted molar refractivity (Wildman–Crippen MR) is 68.4 cm³/mol. The van der Waals surface area contributed by atoms with Crippen molar-refractivity contribution in [2.75, 3.05) is 13.1 Å². The minimum Gasteiger partial charge on any atom is -0.465 e. The van der Waals surface area contributed by atoms with Crippen LogP contribution >= 0.6 is 11.6 Å². The van der Waals surface area contributed by atoms with E-state index in [-0.39, 0.29) is 11.1 Å². The Morgan fingerprint density at radius 1 is 1.53 bits per heavy atom. The van der Waals surface area contributed by atoms with Gasteiger partial charge in [0.15, 0.2) is 11.0 Å². The molecule has 1 amide bonds. The van der Waals surface area contributed by atoms with Crippen LogP contribution in [0.5, 0.6) is 0 Å². The van der Waals surface area contributed by atoms with Crippen LogP contribution in [0.2, 0.25) is 5.15 Å². The fraction of sp³-hybridized carbons (Fsp3) is 0.385. The molecule has 100 valence electrons. The zero-order chi connectivity index (χ0) is 13.6. The molecular weight excluding hydrogens is 271 g/mol. The van der Waals surface area contributed by atoms with Crippen LogP contribution in [0, 0.1) is 17.7 Å². The van der Waals surface area contributed by atoms with Gasteiger partial charge in [-0.2, -0.15) is 0 Å². The number of carbonyl (C=O) groups is 1. The maximum atomic E-state index is 13.4. The number of nitrogens with zero attached hydrogens (tertiary/aromatic N) is 2. The van der Waals surface area contributed by atoms with Gasteiger partial charge in [-0.25, -0.2) is 14.2 Å². The van der Waals surface area contributed by atoms with Gasteiger partial charge in [-0.1, -0.05) is 17.7 Å². The Morgan fingerprint density at radius 3 is 2.95 bits per heavy atom. The molecule has 1 aromatic rings. The van der Waals surface area contributed by atoms with Crippen molar-refractivity contribution >= 4 is 23.3 Å². The summed E-state index contributed by atoms with van der Waals surface area (Å²) in [5.41, 5.74) is 1.77. The lowest BCUT2D eigenvalue weighted by Gasteiger charge is -2.12. The number of fused-ring (bicyclic) bond motifs is 1. The molecule has 6 heteroatoms. The first-order valence-electron chi connectivity index (χ1n) is 6.04. The number of pyridine rings is 1. The molecule has 0 radical (unpaired) electrons. The van der Waals surface area contributed by atoms with Gasteiger partial charge in [0.05, 0.1) is 0 Å². The molecule has 0 aromatic carbocycles. The minimum absolute atomic E-state index is 0.125. The van der Waals surface area contributed by atoms with Crippen molar-refractivity contribution in [1.29, 1.82) is 0 Å². The Labute approximate surface area is 114 Å². The first kappa shape index (κ1) is 12.4. The Kier molecular flexibility index (Phi) is 2.93. The summed E-state index contributed by atoms with van der Waals surface area (Å²) in [5.74, 6) is -0.000956. The van der Waals surface area contributed by atoms with Crippen LogP contribution in [0.4, 0.5) is 9.18 Å². The zero-order valence-electron chi connectivity index (χ0n) is 10.0. The number of hydrogen-bond donors (Lipinski definition) is 1. The summed E-state index contributed by atoms with van der Waals surface area (Å²) in [5, 5.41) is 8.82. The molecule has 1 saturated heterocycles. The van der Waals surface area contributed by atoms with E-state index in [1.165, 1.54) is 11.0 Å². The molecule has 2 heterocycles. The maximum absolute atomic E-state index is 13.4. The molecule has 1 aliphatic carbocycles. The summed E-state index contributed by atoms with van der Waals surface area (Å²) < 4.78 is 13.4. The lowest BCUT2D eigenvalue weighted by atomic mass is 9.99. The topological polar surface area (TPSA) is 53.4 Å². The van der Waals surface area contributed by atoms with E-state index in [0.29, 0.717) is 19.0 Å². The van der Waals surface area contributed by atoms with E-state index in [4.69, 9.17) is 16.7 Å². The van der Waals surface area contributed by atoms with Gasteiger partial charge in [0, 0.05) is 19.3 Å². The van der Waals surface area contributed by atoms with Crippen molar-refractivity contribution < 1.29 is 14.3 Å². The van der Waals surface area contributed by atoms with E-state index in [1.54, 1.807) is 6.20 Å². The zero-order valence-corrected chi connectivity index (χ0v) is 10.8. The van der Waals surface area contributed by atoms with Crippen LogP contribution in [0.15, 0.2) is 18.3 Å². The molecule has 1 fully saturated rings. The molecule has 19 heavy (non-hydrogen) atoms. The molecule has 2 atom stereocenters. The van der Waals surface area contributed by atoms with Gasteiger partial charge >= 0.3 is 6.09 Å². The quantitative estimate of drug-likeness (QED) is 0.806. The third-order valence-corrected chi connectivity index (χ3v) is 4.10. The number of hydrogen-bond acceptors (Lipinski definition) is 2. The number of amides is 1. The maximum Gasteiger partial charge on any atom is 0.407 e. The molecule has 3 rings (SSSR count). The Hall–Kier alpha value is -1.62. The fourth-order valence-electron chi connectivity index (χ4n) is 2.88. The van der Waals surface area contributed by atoms with Crippen molar-refractivity contribution in [3.8, 4) is 0 Å². The Balaban J connectivity index is 1.80. The highest BCUT2D eigenvalue weighted by Crippen LogP contribution is 2.41. The monoisotopic (exact) mass is 282 g/mol. The average molecular weight is 283 g/mol. The molecule has 0 spiro atoms. The van der Waals surface area contributed by atoms with Crippen molar-refractivity contribution in [3.05, 3.63) is 34.9 Å². The van der Waals surface area contributed by atoms with E-state index in [2.05, 4.69) is 4.98 Å². The largest absolute Gasteiger partial charge is 0.465 e. The molecule has 0 saturated carbocycles. The highest BCUT2D eigenvalue weighted by Gasteiger charge is 2.38. The first-order valence-corrected chi connectivity index (χ1v) is 6.42. The highest BCUT2D eigenvalue weighted by molar-refractivity contribution is 6.29. The van der Waals surface area contributed by atoms with Crippen molar-refractivity contribution in [1.82, 2.24) is 9.88 Å². The van der Waals surface area contributed by atoms with Crippen LogP contribution in [-0.2, 0) is 0 Å². The van der Waals surface area contributed by atoms with Gasteiger partial charge in [-0.05, 0) is 35.5 Å². The lowest BCUT2D eigenvalue weighted by Crippen LogP contribution is -2.27. The third-order valence-electron chi connectivity index (χ3n) is 3.83. The van der Waals surface area contributed by atoms with Gasteiger partial charge in [0.25, 0.3) is 0 Å². The van der Waals surface area contributed by atoms with Crippen molar-refractivity contribution in [2.24, 2.45) is 11.8 Å². The number of aromatic nitrogens is 1. The summed E-state index contributed by atoms with van der Waals surface area (Å²) in [6.07, 6.45) is 3.49. The van der Waals surface area contributed by atoms with Gasteiger partial charge in [-0.15, -0.1) is 0 Å². The van der Waals surface area contributed by atoms with Crippen LogP contribution < -0.4 is 0 Å². The third kappa shape index (κ3) is 2.18. The Bertz CT molecular complexity index is 576. The predicted octanol–water partition coefficient (Wildman–Crippen LogP) is 2.89. The molecule has 1 aliphatic heterocycles. The smallest absolute Gasteiger partial charge is 0.407 e. The molecule has 4 nitrogen and oxygen atoms in total. The second-order valence-electron chi connectivity index (χ2n) is 5.00. The van der Waals surface area contributed by atoms with Crippen LogP contribution in [0.25, 0.3) is 5.57 Å². The number of rotatable bonds is 1. The fourth-order valence-corrected chi connectivity index (χ4v) is 2.98. The first-order chi connectivity index (χ1) is 9.04. The molecule has 0 bridgehead atoms. The van der Waals surface area contributed by atoms with Crippen molar-refractivity contribution in [2.45, 2.75) is 6.42 Å². The highest BCUT2D eigenvalue weighted by atomic mass is 35.5. The summed E-state index contributed by atoms with van der Waals surface area (Å²) in [6.45, 7) is 1.07. The average Bonchev–Trinajstić information content (AvgIpc) is 2.90. The van der Waals surface area contributed by atoms with E-state index in [0.717, 1.165) is 17.6 Å². The van der Waals surface area contributed by atoms with Gasteiger partial charge in [0.2, 0.25) is 0 Å². The van der Waals surface area contributed by atoms with E-state index in [9.17, 15) is 9.18 Å². The standard InChI is InChI=1S/C13H12ClFN2O2/c14-12-11(15)3-8(4-16-12)7-1-9-5-17(13(18)19)6-10(9)2-7/h1,3-4,9-10H,2,5-6H2,(H,18,19). The van der Waals surface area contributed by atoms with Crippen LogP contribution in [0.3, 0.4) is 0 Å². The molecule has 2 aliphatic rings. The second-order valence-corrected chi connectivity index (χ2v) is 5.36. The van der Waals surface area contributed by atoms with E-state index < -0.39 is 11.9 Å². The number of likely N-dealkylation sites (tertiary alicyclic amines) is 1. The molecule has 1 aromatic heterocycles. The summed E-state index contributed by atoms with van der Waals surface area (Å²) >= 11 is 5.56. The lowest BCUT2D eigenvalue weighted by molar-refractivity contribution is 0.153. The van der Waals surface area contributed by atoms with Crippen LogP contribution in [-0.4, -0.2) is 34.2 Å². The summed E-state index contributed by atoms with van der Waals surface area (Å²) in [7, 11) is 0. The van der Waals surface area contributed by atoms with Gasteiger partial charge < -0.3 is 10.0 Å². The van der Waals surface area contributed by atoms with Gasteiger partial charge in [-0.3, -0.25) is 0 Å². The molecular formula is C13H12ClFN2O2. The summed E-state index contributed by atoms with van der Waals surface area (Å²) in [6, 6.07) is 1.39. The normalized spacial score (nSPS) is 25.4. The SMILES string of the molecule is O=C(O)N1CC2C=C(c3cnc(Cl)c(F)c3)CC2C1. The molecule has 2 unspecified atom stereocenters. The van der Waals surface area contributed by atoms with E-state index in [1.807, 2.05) is 6.08 Å². The van der Waals surface area contributed by atoms with Crippen LogP contribution in [0.1, 0.15) is 12.0 Å². The second kappa shape index (κ2) is 4.49. The van der Waals surface area contributed by atoms with Gasteiger partial charge in [0.1, 0.15) is 0 Å². The minimum atomic E-state index is -0.872. The van der Waals surface area contributed by atoms with Crippen molar-refractivity contribution in [3.63, 3.8) is 0 Å². The number of halogens is 2. The Morgan fingerprint density at radius 2 is 2.32 bits per heavy atom. The number of allylic oxidation sites excluding steroid dienone is 1. The van der Waals surface area contributed by atoms with E-state index >= 15 is 0 Å². The number of carboxylic acid groups (broad SMARTS) is 1. The summed E-state index contributed by atoms with van der Waals surface area (Å²) in [4.78, 5) is 16.1. The molecule has 1 N–H and O–H groups in total.